The molecule has 0 aliphatic heterocycles. The van der Waals surface area contributed by atoms with E-state index in [-0.39, 0.29) is 16.6 Å². The van der Waals surface area contributed by atoms with Gasteiger partial charge in [0.25, 0.3) is 5.56 Å². The summed E-state index contributed by atoms with van der Waals surface area (Å²) >= 11 is 7.55. The van der Waals surface area contributed by atoms with E-state index in [0.29, 0.717) is 33.4 Å². The van der Waals surface area contributed by atoms with Gasteiger partial charge in [0.15, 0.2) is 5.16 Å². The Hall–Kier alpha value is -2.11. The fourth-order valence-corrected chi connectivity index (χ4v) is 5.24. The SMILES string of the molecule is CCC(C)c1ccc(-n2c(SC3CCCCC3=O)nc3cc(Cl)ccc3c2=O)cc1. The van der Waals surface area contributed by atoms with Crippen molar-refractivity contribution in [1.29, 1.82) is 0 Å². The lowest BCUT2D eigenvalue weighted by Crippen LogP contribution is -2.26. The lowest BCUT2D eigenvalue weighted by molar-refractivity contribution is -0.119. The van der Waals surface area contributed by atoms with Crippen molar-refractivity contribution in [2.45, 2.75) is 62.3 Å². The lowest BCUT2D eigenvalue weighted by atomic mass is 9.98. The van der Waals surface area contributed by atoms with Gasteiger partial charge in [-0.3, -0.25) is 14.2 Å². The second-order valence-electron chi connectivity index (χ2n) is 7.92. The summed E-state index contributed by atoms with van der Waals surface area (Å²) in [5, 5.41) is 1.44. The summed E-state index contributed by atoms with van der Waals surface area (Å²) in [6.07, 6.45) is 4.45. The maximum absolute atomic E-state index is 13.4. The average molecular weight is 441 g/mol. The molecule has 1 fully saturated rings. The van der Waals surface area contributed by atoms with E-state index in [0.717, 1.165) is 31.4 Å². The summed E-state index contributed by atoms with van der Waals surface area (Å²) in [7, 11) is 0. The fourth-order valence-electron chi connectivity index (χ4n) is 3.84. The third-order valence-corrected chi connectivity index (χ3v) is 7.38. The number of ketones is 1. The van der Waals surface area contributed by atoms with E-state index in [1.807, 2.05) is 12.1 Å². The minimum Gasteiger partial charge on any atom is -0.298 e. The van der Waals surface area contributed by atoms with Gasteiger partial charge < -0.3 is 0 Å². The molecule has 2 atom stereocenters. The van der Waals surface area contributed by atoms with Crippen LogP contribution < -0.4 is 5.56 Å². The van der Waals surface area contributed by atoms with Crippen LogP contribution in [0.3, 0.4) is 0 Å². The number of aromatic nitrogens is 2. The van der Waals surface area contributed by atoms with Crippen molar-refractivity contribution >= 4 is 40.0 Å². The molecule has 2 unspecified atom stereocenters. The van der Waals surface area contributed by atoms with Gasteiger partial charge in [-0.25, -0.2) is 4.98 Å². The Morgan fingerprint density at radius 3 is 2.63 bits per heavy atom. The molecule has 1 heterocycles. The van der Waals surface area contributed by atoms with Crippen LogP contribution >= 0.6 is 23.4 Å². The summed E-state index contributed by atoms with van der Waals surface area (Å²) in [6.45, 7) is 4.36. The van der Waals surface area contributed by atoms with E-state index >= 15 is 0 Å². The molecule has 0 saturated heterocycles. The van der Waals surface area contributed by atoms with E-state index in [4.69, 9.17) is 16.6 Å². The van der Waals surface area contributed by atoms with E-state index in [2.05, 4.69) is 26.0 Å². The van der Waals surface area contributed by atoms with E-state index in [1.54, 1.807) is 22.8 Å². The lowest BCUT2D eigenvalue weighted by Gasteiger charge is -2.21. The monoisotopic (exact) mass is 440 g/mol. The highest BCUT2D eigenvalue weighted by atomic mass is 35.5. The van der Waals surface area contributed by atoms with Crippen LogP contribution in [0.15, 0.2) is 52.4 Å². The van der Waals surface area contributed by atoms with Gasteiger partial charge in [-0.05, 0) is 61.1 Å². The van der Waals surface area contributed by atoms with Crippen molar-refractivity contribution in [3.8, 4) is 5.69 Å². The van der Waals surface area contributed by atoms with Crippen LogP contribution in [-0.4, -0.2) is 20.6 Å². The summed E-state index contributed by atoms with van der Waals surface area (Å²) in [4.78, 5) is 30.7. The molecule has 4 nitrogen and oxygen atoms in total. The van der Waals surface area contributed by atoms with Gasteiger partial charge in [-0.1, -0.05) is 55.8 Å². The van der Waals surface area contributed by atoms with Crippen LogP contribution in [0.1, 0.15) is 57.4 Å². The highest BCUT2D eigenvalue weighted by molar-refractivity contribution is 8.00. The zero-order valence-electron chi connectivity index (χ0n) is 17.2. The molecule has 1 aliphatic rings. The fraction of sp³-hybridized carbons (Fsp3) is 0.375. The molecule has 1 saturated carbocycles. The van der Waals surface area contributed by atoms with Gasteiger partial charge in [0.2, 0.25) is 0 Å². The molecule has 0 amide bonds. The van der Waals surface area contributed by atoms with Crippen molar-refractivity contribution in [3.63, 3.8) is 0 Å². The number of thioether (sulfide) groups is 1. The summed E-state index contributed by atoms with van der Waals surface area (Å²) in [6, 6.07) is 13.2. The van der Waals surface area contributed by atoms with Crippen LogP contribution in [0.5, 0.6) is 0 Å². The number of Topliss-reactive ketones (excluding diaryl/α,β-unsaturated/α-hetero) is 1. The summed E-state index contributed by atoms with van der Waals surface area (Å²) in [5.41, 5.74) is 2.43. The third kappa shape index (κ3) is 4.19. The Morgan fingerprint density at radius 1 is 1.17 bits per heavy atom. The second-order valence-corrected chi connectivity index (χ2v) is 9.52. The van der Waals surface area contributed by atoms with Crippen molar-refractivity contribution in [1.82, 2.24) is 9.55 Å². The number of carbonyl (C=O) groups is 1. The van der Waals surface area contributed by atoms with Crippen LogP contribution in [0.25, 0.3) is 16.6 Å². The number of hydrogen-bond acceptors (Lipinski definition) is 4. The topological polar surface area (TPSA) is 52.0 Å². The molecule has 3 aromatic rings. The number of benzene rings is 2. The minimum atomic E-state index is -0.159. The van der Waals surface area contributed by atoms with E-state index in [9.17, 15) is 9.59 Å². The molecular weight excluding hydrogens is 416 g/mol. The number of halogens is 1. The smallest absolute Gasteiger partial charge is 0.266 e. The molecule has 0 radical (unpaired) electrons. The zero-order valence-corrected chi connectivity index (χ0v) is 18.8. The van der Waals surface area contributed by atoms with Crippen molar-refractivity contribution in [2.75, 3.05) is 0 Å². The summed E-state index contributed by atoms with van der Waals surface area (Å²) < 4.78 is 1.64. The van der Waals surface area contributed by atoms with Crippen LogP contribution in [-0.2, 0) is 4.79 Å². The molecule has 0 spiro atoms. The molecule has 0 bridgehead atoms. The molecule has 0 N–H and O–H groups in total. The minimum absolute atomic E-state index is 0.140. The largest absolute Gasteiger partial charge is 0.298 e. The molecular formula is C24H25ClN2O2S. The first-order valence-electron chi connectivity index (χ1n) is 10.5. The molecule has 4 rings (SSSR count). The normalized spacial score (nSPS) is 18.0. The van der Waals surface area contributed by atoms with Crippen molar-refractivity contribution in [2.24, 2.45) is 0 Å². The Labute approximate surface area is 185 Å². The molecule has 156 valence electrons. The molecule has 1 aliphatic carbocycles. The quantitative estimate of drug-likeness (QED) is 0.446. The van der Waals surface area contributed by atoms with Crippen LogP contribution in [0.4, 0.5) is 0 Å². The van der Waals surface area contributed by atoms with Gasteiger partial charge in [-0.2, -0.15) is 0 Å². The molecule has 6 heteroatoms. The second kappa shape index (κ2) is 8.94. The predicted molar refractivity (Wildman–Crippen MR) is 124 cm³/mol. The first kappa shape index (κ1) is 21.1. The van der Waals surface area contributed by atoms with E-state index in [1.165, 1.54) is 17.3 Å². The molecule has 1 aromatic heterocycles. The zero-order chi connectivity index (χ0) is 21.3. The van der Waals surface area contributed by atoms with Gasteiger partial charge >= 0.3 is 0 Å². The Kier molecular flexibility index (Phi) is 6.30. The van der Waals surface area contributed by atoms with Crippen molar-refractivity contribution in [3.05, 3.63) is 63.4 Å². The number of carbonyl (C=O) groups excluding carboxylic acids is 1. The van der Waals surface area contributed by atoms with Gasteiger partial charge in [0.1, 0.15) is 5.78 Å². The Morgan fingerprint density at radius 2 is 1.93 bits per heavy atom. The number of rotatable bonds is 5. The predicted octanol–water partition coefficient (Wildman–Crippen LogP) is 6.16. The van der Waals surface area contributed by atoms with Gasteiger partial charge in [0.05, 0.1) is 21.8 Å². The number of nitrogens with zero attached hydrogens (tertiary/aromatic N) is 2. The van der Waals surface area contributed by atoms with E-state index < -0.39 is 0 Å². The summed E-state index contributed by atoms with van der Waals surface area (Å²) in [5.74, 6) is 0.701. The Balaban J connectivity index is 1.85. The van der Waals surface area contributed by atoms with Crippen molar-refractivity contribution < 1.29 is 4.79 Å². The van der Waals surface area contributed by atoms with Crippen LogP contribution in [0.2, 0.25) is 5.02 Å². The first-order valence-corrected chi connectivity index (χ1v) is 11.8. The average Bonchev–Trinajstić information content (AvgIpc) is 2.75. The number of fused-ring (bicyclic) bond motifs is 1. The standard InChI is InChI=1S/C24H25ClN2O2S/c1-3-15(2)16-8-11-18(12-9-16)27-23(29)19-13-10-17(25)14-20(19)26-24(27)30-22-7-5-4-6-21(22)28/h8-15,22H,3-7H2,1-2H3. The molecule has 2 aromatic carbocycles. The first-order chi connectivity index (χ1) is 14.5. The maximum atomic E-state index is 13.4. The highest BCUT2D eigenvalue weighted by Crippen LogP contribution is 2.32. The molecule has 30 heavy (non-hydrogen) atoms. The maximum Gasteiger partial charge on any atom is 0.266 e. The Bertz CT molecular complexity index is 1140. The third-order valence-electron chi connectivity index (χ3n) is 5.88. The van der Waals surface area contributed by atoms with Crippen LogP contribution in [0, 0.1) is 0 Å². The van der Waals surface area contributed by atoms with Gasteiger partial charge in [0, 0.05) is 11.4 Å². The number of hydrogen-bond donors (Lipinski definition) is 0. The van der Waals surface area contributed by atoms with Gasteiger partial charge in [-0.15, -0.1) is 0 Å². The highest BCUT2D eigenvalue weighted by Gasteiger charge is 2.26.